The van der Waals surface area contributed by atoms with E-state index in [1.807, 2.05) is 0 Å². The molecule has 0 amide bonds. The summed E-state index contributed by atoms with van der Waals surface area (Å²) in [7, 11) is 1.43. The average molecular weight is 287 g/mol. The first-order chi connectivity index (χ1) is 10.0. The van der Waals surface area contributed by atoms with Crippen LogP contribution >= 0.6 is 0 Å². The van der Waals surface area contributed by atoms with Crippen LogP contribution < -0.4 is 9.47 Å². The zero-order valence-electron chi connectivity index (χ0n) is 11.5. The summed E-state index contributed by atoms with van der Waals surface area (Å²) in [6.45, 7) is 1.76. The van der Waals surface area contributed by atoms with Gasteiger partial charge in [-0.15, -0.1) is 0 Å². The molecule has 0 heterocycles. The van der Waals surface area contributed by atoms with Gasteiger partial charge in [-0.05, 0) is 42.8 Å². The molecule has 6 nitrogen and oxygen atoms in total. The standard InChI is InChI=1S/C15H13NO5/c1-10-7-13(4-3-11(10)9-17)21-15-6-5-12(20-2)8-14(15)16(18)19/h3-9H,1-2H3. The van der Waals surface area contributed by atoms with Crippen molar-refractivity contribution in [2.24, 2.45) is 0 Å². The molecule has 0 aromatic heterocycles. The van der Waals surface area contributed by atoms with Crippen LogP contribution in [0.15, 0.2) is 36.4 Å². The fourth-order valence-corrected chi connectivity index (χ4v) is 1.82. The van der Waals surface area contributed by atoms with Crippen molar-refractivity contribution in [3.05, 3.63) is 57.6 Å². The van der Waals surface area contributed by atoms with E-state index in [1.165, 1.54) is 19.2 Å². The van der Waals surface area contributed by atoms with Gasteiger partial charge in [0.15, 0.2) is 0 Å². The molecule has 0 aliphatic rings. The lowest BCUT2D eigenvalue weighted by atomic mass is 10.1. The number of ether oxygens (including phenoxy) is 2. The summed E-state index contributed by atoms with van der Waals surface area (Å²) in [5.41, 5.74) is 1.09. The number of nitrogens with zero attached hydrogens (tertiary/aromatic N) is 1. The molecule has 0 fully saturated rings. The Bertz CT molecular complexity index is 696. The molecule has 0 saturated carbocycles. The van der Waals surface area contributed by atoms with Crippen LogP contribution in [0, 0.1) is 17.0 Å². The van der Waals surface area contributed by atoms with E-state index in [0.29, 0.717) is 17.1 Å². The number of rotatable bonds is 5. The maximum absolute atomic E-state index is 11.1. The monoisotopic (exact) mass is 287 g/mol. The number of hydrogen-bond donors (Lipinski definition) is 0. The second kappa shape index (κ2) is 6.04. The molecular formula is C15H13NO5. The van der Waals surface area contributed by atoms with Crippen LogP contribution in [0.5, 0.6) is 17.2 Å². The van der Waals surface area contributed by atoms with Crippen molar-refractivity contribution in [1.29, 1.82) is 0 Å². The van der Waals surface area contributed by atoms with Crippen LogP contribution in [0.25, 0.3) is 0 Å². The van der Waals surface area contributed by atoms with Gasteiger partial charge in [-0.2, -0.15) is 0 Å². The van der Waals surface area contributed by atoms with Gasteiger partial charge >= 0.3 is 5.69 Å². The highest BCUT2D eigenvalue weighted by Gasteiger charge is 2.17. The number of hydrogen-bond acceptors (Lipinski definition) is 5. The summed E-state index contributed by atoms with van der Waals surface area (Å²) in [6.07, 6.45) is 0.745. The average Bonchev–Trinajstić information content (AvgIpc) is 2.47. The van der Waals surface area contributed by atoms with Crippen molar-refractivity contribution >= 4 is 12.0 Å². The predicted octanol–water partition coefficient (Wildman–Crippen LogP) is 3.52. The van der Waals surface area contributed by atoms with Crippen LogP contribution in [0.3, 0.4) is 0 Å². The topological polar surface area (TPSA) is 78.7 Å². The van der Waals surface area contributed by atoms with Crippen LogP contribution in [-0.2, 0) is 0 Å². The first-order valence-electron chi connectivity index (χ1n) is 6.11. The van der Waals surface area contributed by atoms with Crippen molar-refractivity contribution in [3.63, 3.8) is 0 Å². The molecule has 2 rings (SSSR count). The number of benzene rings is 2. The van der Waals surface area contributed by atoms with Gasteiger partial charge in [-0.1, -0.05) is 0 Å². The largest absolute Gasteiger partial charge is 0.496 e. The fourth-order valence-electron chi connectivity index (χ4n) is 1.82. The molecule has 6 heteroatoms. The maximum atomic E-state index is 11.1. The minimum Gasteiger partial charge on any atom is -0.496 e. The Morgan fingerprint density at radius 1 is 1.14 bits per heavy atom. The number of aldehydes is 1. The SMILES string of the molecule is COc1ccc(Oc2ccc(C=O)c(C)c2)c([N+](=O)[O-])c1. The van der Waals surface area contributed by atoms with Gasteiger partial charge in [0.2, 0.25) is 5.75 Å². The highest BCUT2D eigenvalue weighted by Crippen LogP contribution is 2.34. The molecular weight excluding hydrogens is 274 g/mol. The van der Waals surface area contributed by atoms with E-state index >= 15 is 0 Å². The van der Waals surface area contributed by atoms with E-state index in [1.54, 1.807) is 31.2 Å². The number of aryl methyl sites for hydroxylation is 1. The van der Waals surface area contributed by atoms with Gasteiger partial charge in [-0.3, -0.25) is 14.9 Å². The number of nitro groups is 1. The molecule has 108 valence electrons. The smallest absolute Gasteiger partial charge is 0.315 e. The lowest BCUT2D eigenvalue weighted by Gasteiger charge is -2.09. The summed E-state index contributed by atoms with van der Waals surface area (Å²) in [4.78, 5) is 21.3. The Hall–Kier alpha value is -2.89. The lowest BCUT2D eigenvalue weighted by molar-refractivity contribution is -0.385. The summed E-state index contributed by atoms with van der Waals surface area (Å²) < 4.78 is 10.5. The normalized spacial score (nSPS) is 10.0. The first kappa shape index (κ1) is 14.5. The molecule has 0 radical (unpaired) electrons. The van der Waals surface area contributed by atoms with Crippen molar-refractivity contribution in [2.75, 3.05) is 7.11 Å². The second-order valence-corrected chi connectivity index (χ2v) is 4.33. The molecule has 2 aromatic rings. The number of carbonyl (C=O) groups excluding carboxylic acids is 1. The lowest BCUT2D eigenvalue weighted by Crippen LogP contribution is -1.95. The van der Waals surface area contributed by atoms with E-state index in [-0.39, 0.29) is 11.4 Å². The summed E-state index contributed by atoms with van der Waals surface area (Å²) in [6, 6.07) is 9.19. The summed E-state index contributed by atoms with van der Waals surface area (Å²) >= 11 is 0. The van der Waals surface area contributed by atoms with Gasteiger partial charge < -0.3 is 9.47 Å². The van der Waals surface area contributed by atoms with Crippen LogP contribution in [-0.4, -0.2) is 18.3 Å². The minimum absolute atomic E-state index is 0.110. The molecule has 0 aliphatic heterocycles. The highest BCUT2D eigenvalue weighted by molar-refractivity contribution is 5.77. The number of nitro benzene ring substituents is 1. The van der Waals surface area contributed by atoms with Crippen molar-refractivity contribution in [1.82, 2.24) is 0 Å². The molecule has 0 aliphatic carbocycles. The van der Waals surface area contributed by atoms with Crippen molar-refractivity contribution in [2.45, 2.75) is 6.92 Å². The van der Waals surface area contributed by atoms with Crippen LogP contribution in [0.4, 0.5) is 5.69 Å². The third-order valence-corrected chi connectivity index (χ3v) is 2.96. The van der Waals surface area contributed by atoms with E-state index in [0.717, 1.165) is 11.8 Å². The van der Waals surface area contributed by atoms with Gasteiger partial charge in [-0.25, -0.2) is 0 Å². The molecule has 0 N–H and O–H groups in total. The van der Waals surface area contributed by atoms with Crippen LogP contribution in [0.2, 0.25) is 0 Å². The molecule has 0 unspecified atom stereocenters. The molecule has 0 atom stereocenters. The fraction of sp³-hybridized carbons (Fsp3) is 0.133. The maximum Gasteiger partial charge on any atom is 0.315 e. The predicted molar refractivity (Wildman–Crippen MR) is 76.3 cm³/mol. The van der Waals surface area contributed by atoms with E-state index in [4.69, 9.17) is 9.47 Å². The van der Waals surface area contributed by atoms with Gasteiger partial charge in [0, 0.05) is 5.56 Å². The van der Waals surface area contributed by atoms with Crippen molar-refractivity contribution in [3.8, 4) is 17.2 Å². The van der Waals surface area contributed by atoms with E-state index in [2.05, 4.69) is 0 Å². The van der Waals surface area contributed by atoms with Gasteiger partial charge in [0.25, 0.3) is 0 Å². The molecule has 0 spiro atoms. The molecule has 21 heavy (non-hydrogen) atoms. The Labute approximate surface area is 121 Å². The van der Waals surface area contributed by atoms with Gasteiger partial charge in [0.05, 0.1) is 18.1 Å². The van der Waals surface area contributed by atoms with Crippen molar-refractivity contribution < 1.29 is 19.2 Å². The van der Waals surface area contributed by atoms with Gasteiger partial charge in [0.1, 0.15) is 17.8 Å². The van der Waals surface area contributed by atoms with E-state index < -0.39 is 4.92 Å². The van der Waals surface area contributed by atoms with E-state index in [9.17, 15) is 14.9 Å². The third-order valence-electron chi connectivity index (χ3n) is 2.96. The minimum atomic E-state index is -0.537. The quantitative estimate of drug-likeness (QED) is 0.477. The molecule has 2 aromatic carbocycles. The zero-order valence-corrected chi connectivity index (χ0v) is 11.5. The Kier molecular flexibility index (Phi) is 4.18. The highest BCUT2D eigenvalue weighted by atomic mass is 16.6. The van der Waals surface area contributed by atoms with Crippen LogP contribution in [0.1, 0.15) is 15.9 Å². The Morgan fingerprint density at radius 3 is 2.43 bits per heavy atom. The first-order valence-corrected chi connectivity index (χ1v) is 6.11. The molecule has 0 bridgehead atoms. The summed E-state index contributed by atoms with van der Waals surface area (Å²) in [5, 5.41) is 11.1. The zero-order chi connectivity index (χ0) is 15.4. The number of methoxy groups -OCH3 is 1. The Morgan fingerprint density at radius 2 is 1.86 bits per heavy atom. The Balaban J connectivity index is 2.37. The summed E-state index contributed by atoms with van der Waals surface area (Å²) in [5.74, 6) is 0.909. The number of carbonyl (C=O) groups is 1. The second-order valence-electron chi connectivity index (χ2n) is 4.33. The third kappa shape index (κ3) is 3.17. The molecule has 0 saturated heterocycles.